The quantitative estimate of drug-likeness (QED) is 0.871. The summed E-state index contributed by atoms with van der Waals surface area (Å²) >= 11 is 0. The highest BCUT2D eigenvalue weighted by atomic mass is 16.5. The van der Waals surface area contributed by atoms with Gasteiger partial charge in [-0.25, -0.2) is 0 Å². The molecule has 4 aliphatic rings. The number of ether oxygens (including phenoxy) is 1. The molecule has 4 fully saturated rings. The number of benzene rings is 1. The molecule has 5 nitrogen and oxygen atoms in total. The number of methoxy groups -OCH3 is 1. The van der Waals surface area contributed by atoms with E-state index in [0.29, 0.717) is 42.7 Å². The Morgan fingerprint density at radius 2 is 1.86 bits per heavy atom. The van der Waals surface area contributed by atoms with Gasteiger partial charge in [-0.15, -0.1) is 0 Å². The lowest BCUT2D eigenvalue weighted by Gasteiger charge is -2.55. The van der Waals surface area contributed by atoms with E-state index in [0.717, 1.165) is 25.4 Å². The molecule has 1 N–H and O–H groups in total. The second-order valence-electron chi connectivity index (χ2n) is 9.41. The normalized spacial score (nSPS) is 37.7. The second kappa shape index (κ2) is 7.34. The predicted molar refractivity (Wildman–Crippen MR) is 107 cm³/mol. The van der Waals surface area contributed by atoms with Crippen LogP contribution in [0.1, 0.15) is 50.1 Å². The van der Waals surface area contributed by atoms with Crippen molar-refractivity contribution in [2.45, 2.75) is 56.7 Å². The lowest BCUT2D eigenvalue weighted by Crippen LogP contribution is -2.61. The van der Waals surface area contributed by atoms with Crippen LogP contribution in [0, 0.1) is 17.8 Å². The third-order valence-electron chi connectivity index (χ3n) is 7.66. The van der Waals surface area contributed by atoms with Gasteiger partial charge in [-0.05, 0) is 68.1 Å². The Hall–Kier alpha value is -1.59. The summed E-state index contributed by atoms with van der Waals surface area (Å²) < 4.78 is 5.33. The highest BCUT2D eigenvalue weighted by molar-refractivity contribution is 5.80. The molecule has 1 aromatic rings. The third kappa shape index (κ3) is 3.22. The molecule has 1 aromatic carbocycles. The molecule has 0 spiro atoms. The van der Waals surface area contributed by atoms with E-state index in [2.05, 4.69) is 34.1 Å². The summed E-state index contributed by atoms with van der Waals surface area (Å²) in [7, 11) is 1.72. The van der Waals surface area contributed by atoms with Crippen LogP contribution < -0.4 is 4.74 Å². The van der Waals surface area contributed by atoms with Gasteiger partial charge in [-0.2, -0.15) is 0 Å². The van der Waals surface area contributed by atoms with Gasteiger partial charge in [0.2, 0.25) is 5.91 Å². The first-order valence-corrected chi connectivity index (χ1v) is 11.0. The Labute approximate surface area is 167 Å². The van der Waals surface area contributed by atoms with Crippen LogP contribution in [0.4, 0.5) is 0 Å². The summed E-state index contributed by atoms with van der Waals surface area (Å²) in [6.45, 7) is 2.92. The van der Waals surface area contributed by atoms with Crippen molar-refractivity contribution in [3.05, 3.63) is 29.8 Å². The minimum absolute atomic E-state index is 0.0725. The number of aliphatic hydroxyl groups excluding tert-OH is 1. The van der Waals surface area contributed by atoms with Gasteiger partial charge in [0.05, 0.1) is 13.2 Å². The maximum Gasteiger partial charge on any atom is 0.225 e. The minimum Gasteiger partial charge on any atom is -0.497 e. The van der Waals surface area contributed by atoms with Crippen molar-refractivity contribution in [3.63, 3.8) is 0 Å². The highest BCUT2D eigenvalue weighted by Crippen LogP contribution is 2.45. The number of amides is 1. The van der Waals surface area contributed by atoms with Crippen LogP contribution in [0.3, 0.4) is 0 Å². The number of nitrogens with zero attached hydrogens (tertiary/aromatic N) is 2. The molecule has 3 saturated heterocycles. The third-order valence-corrected chi connectivity index (χ3v) is 7.66. The van der Waals surface area contributed by atoms with Crippen LogP contribution in [-0.2, 0) is 4.79 Å². The number of aliphatic hydroxyl groups is 1. The largest absolute Gasteiger partial charge is 0.497 e. The molecule has 0 unspecified atom stereocenters. The van der Waals surface area contributed by atoms with Gasteiger partial charge in [0.25, 0.3) is 0 Å². The number of rotatable bonds is 3. The maximum atomic E-state index is 12.9. The van der Waals surface area contributed by atoms with Crippen LogP contribution in [-0.4, -0.2) is 59.7 Å². The fourth-order valence-corrected chi connectivity index (χ4v) is 6.22. The highest BCUT2D eigenvalue weighted by Gasteiger charge is 2.47. The average Bonchev–Trinajstić information content (AvgIpc) is 2.70. The monoisotopic (exact) mass is 384 g/mol. The second-order valence-corrected chi connectivity index (χ2v) is 9.41. The number of piperidine rings is 3. The van der Waals surface area contributed by atoms with Crippen molar-refractivity contribution in [2.24, 2.45) is 17.8 Å². The van der Waals surface area contributed by atoms with Gasteiger partial charge in [0.15, 0.2) is 0 Å². The molecule has 28 heavy (non-hydrogen) atoms. The van der Waals surface area contributed by atoms with E-state index in [1.54, 1.807) is 7.11 Å². The van der Waals surface area contributed by atoms with E-state index in [4.69, 9.17) is 4.74 Å². The van der Waals surface area contributed by atoms with E-state index < -0.39 is 0 Å². The van der Waals surface area contributed by atoms with Gasteiger partial charge >= 0.3 is 0 Å². The standard InChI is InChI=1S/C23H32N2O3/c1-28-20-7-5-16(6-8-20)21-3-2-4-22-18-9-15(13-25(21)22)12-24(14-18)23(27)17-10-19(26)11-17/h5-8,15,17-19,21-22,26H,2-4,9-14H2,1H3/t15-,17?,18+,19?,21+,22-/m0/s1. The van der Waals surface area contributed by atoms with Crippen LogP contribution in [0.2, 0.25) is 0 Å². The Kier molecular flexibility index (Phi) is 4.84. The van der Waals surface area contributed by atoms with E-state index in [1.807, 2.05) is 0 Å². The number of fused-ring (bicyclic) bond motifs is 4. The van der Waals surface area contributed by atoms with Crippen molar-refractivity contribution in [1.29, 1.82) is 0 Å². The number of hydrogen-bond donors (Lipinski definition) is 1. The first kappa shape index (κ1) is 18.4. The molecule has 1 aliphatic carbocycles. The number of carbonyl (C=O) groups excluding carboxylic acids is 1. The predicted octanol–water partition coefficient (Wildman–Crippen LogP) is 2.84. The van der Waals surface area contributed by atoms with Gasteiger partial charge < -0.3 is 14.7 Å². The summed E-state index contributed by atoms with van der Waals surface area (Å²) in [5.41, 5.74) is 1.40. The number of hydrogen-bond acceptors (Lipinski definition) is 4. The van der Waals surface area contributed by atoms with Crippen molar-refractivity contribution >= 4 is 5.91 Å². The first-order valence-electron chi connectivity index (χ1n) is 11.0. The summed E-state index contributed by atoms with van der Waals surface area (Å²) in [4.78, 5) is 17.8. The molecule has 4 atom stereocenters. The summed E-state index contributed by atoms with van der Waals surface area (Å²) in [5.74, 6) is 2.48. The molecule has 3 aliphatic heterocycles. The Morgan fingerprint density at radius 3 is 2.57 bits per heavy atom. The van der Waals surface area contributed by atoms with Crippen LogP contribution >= 0.6 is 0 Å². The fraction of sp³-hybridized carbons (Fsp3) is 0.696. The number of carbonyl (C=O) groups is 1. The van der Waals surface area contributed by atoms with E-state index in [-0.39, 0.29) is 12.0 Å². The molecule has 5 rings (SSSR count). The van der Waals surface area contributed by atoms with Crippen LogP contribution in [0.15, 0.2) is 24.3 Å². The maximum absolute atomic E-state index is 12.9. The van der Waals surface area contributed by atoms with E-state index >= 15 is 0 Å². The molecule has 1 amide bonds. The molecule has 1 saturated carbocycles. The molecule has 5 heteroatoms. The van der Waals surface area contributed by atoms with Gasteiger partial charge in [0, 0.05) is 37.6 Å². The van der Waals surface area contributed by atoms with E-state index in [1.165, 1.54) is 31.2 Å². The number of likely N-dealkylation sites (tertiary alicyclic amines) is 1. The van der Waals surface area contributed by atoms with Crippen molar-refractivity contribution in [1.82, 2.24) is 9.80 Å². The van der Waals surface area contributed by atoms with Crippen molar-refractivity contribution < 1.29 is 14.6 Å². The lowest BCUT2D eigenvalue weighted by atomic mass is 9.73. The lowest BCUT2D eigenvalue weighted by molar-refractivity contribution is -0.149. The molecule has 0 radical (unpaired) electrons. The fourth-order valence-electron chi connectivity index (χ4n) is 6.22. The van der Waals surface area contributed by atoms with Crippen molar-refractivity contribution in [3.8, 4) is 5.75 Å². The summed E-state index contributed by atoms with van der Waals surface area (Å²) in [5, 5.41) is 9.57. The Morgan fingerprint density at radius 1 is 1.07 bits per heavy atom. The molecular formula is C23H32N2O3. The molecule has 152 valence electrons. The molecule has 3 heterocycles. The van der Waals surface area contributed by atoms with E-state index in [9.17, 15) is 9.90 Å². The SMILES string of the molecule is COc1ccc([C@H]2CCC[C@H]3[C@@H]4C[C@@H](CN(C(=O)C5CC(O)C5)C4)CN23)cc1. The minimum atomic E-state index is -0.252. The molecule has 2 bridgehead atoms. The van der Waals surface area contributed by atoms with Gasteiger partial charge in [-0.1, -0.05) is 12.1 Å². The zero-order valence-corrected chi connectivity index (χ0v) is 16.8. The Balaban J connectivity index is 1.31. The molecule has 0 aromatic heterocycles. The van der Waals surface area contributed by atoms with Crippen LogP contribution in [0.5, 0.6) is 5.75 Å². The van der Waals surface area contributed by atoms with Crippen LogP contribution in [0.25, 0.3) is 0 Å². The average molecular weight is 385 g/mol. The van der Waals surface area contributed by atoms with Gasteiger partial charge in [0.1, 0.15) is 5.75 Å². The smallest absolute Gasteiger partial charge is 0.225 e. The first-order chi connectivity index (χ1) is 13.6. The van der Waals surface area contributed by atoms with Crippen molar-refractivity contribution in [2.75, 3.05) is 26.7 Å². The Bertz CT molecular complexity index is 715. The summed E-state index contributed by atoms with van der Waals surface area (Å²) in [6, 6.07) is 9.72. The zero-order valence-electron chi connectivity index (χ0n) is 16.8. The zero-order chi connectivity index (χ0) is 19.3. The topological polar surface area (TPSA) is 53.0 Å². The molecular weight excluding hydrogens is 352 g/mol. The summed E-state index contributed by atoms with van der Waals surface area (Å²) in [6.07, 6.45) is 6.10. The van der Waals surface area contributed by atoms with Gasteiger partial charge in [-0.3, -0.25) is 9.69 Å².